The van der Waals surface area contributed by atoms with Crippen molar-refractivity contribution in [1.82, 2.24) is 19.4 Å². The summed E-state index contributed by atoms with van der Waals surface area (Å²) in [7, 11) is 1.89. The summed E-state index contributed by atoms with van der Waals surface area (Å²) < 4.78 is 2.36. The van der Waals surface area contributed by atoms with E-state index >= 15 is 0 Å². The molecule has 1 saturated carbocycles. The van der Waals surface area contributed by atoms with Crippen LogP contribution in [0.3, 0.4) is 0 Å². The van der Waals surface area contributed by atoms with Crippen LogP contribution in [0.1, 0.15) is 35.1 Å². The van der Waals surface area contributed by atoms with E-state index in [2.05, 4.69) is 25.9 Å². The lowest BCUT2D eigenvalue weighted by Gasteiger charge is -2.28. The number of aromatic nitrogens is 2. The number of amides is 1. The maximum Gasteiger partial charge on any atom is 0.236 e. The fraction of sp³-hybridized carbons (Fsp3) is 0.529. The topological polar surface area (TPSA) is 41.4 Å². The molecule has 0 saturated heterocycles. The Labute approximate surface area is 140 Å². The Morgan fingerprint density at radius 2 is 2.35 bits per heavy atom. The first-order chi connectivity index (χ1) is 11.2. The molecule has 1 aliphatic heterocycles. The van der Waals surface area contributed by atoms with Gasteiger partial charge in [0.15, 0.2) is 0 Å². The van der Waals surface area contributed by atoms with Crippen LogP contribution in [0.4, 0.5) is 0 Å². The summed E-state index contributed by atoms with van der Waals surface area (Å²) in [5, 5.41) is 2.05. The standard InChI is InChI=1S/C17H22N4OS/c1-19(9-14-3-2-8-23-14)17(22)11-20-7-6-16-15(10-20)18-12-21(16)13-4-5-13/h2-3,8,12-13H,4-7,9-11H2,1H3. The van der Waals surface area contributed by atoms with E-state index in [-0.39, 0.29) is 5.91 Å². The van der Waals surface area contributed by atoms with Gasteiger partial charge < -0.3 is 9.47 Å². The summed E-state index contributed by atoms with van der Waals surface area (Å²) in [6.45, 7) is 2.93. The normalized spacial score (nSPS) is 18.0. The minimum absolute atomic E-state index is 0.184. The van der Waals surface area contributed by atoms with E-state index in [1.165, 1.54) is 23.4 Å². The number of carbonyl (C=O) groups is 1. The maximum atomic E-state index is 12.4. The average Bonchev–Trinajstić information content (AvgIpc) is 3.09. The van der Waals surface area contributed by atoms with Crippen molar-refractivity contribution in [1.29, 1.82) is 0 Å². The molecule has 122 valence electrons. The van der Waals surface area contributed by atoms with Gasteiger partial charge in [0.25, 0.3) is 0 Å². The summed E-state index contributed by atoms with van der Waals surface area (Å²) in [4.78, 5) is 22.3. The van der Waals surface area contributed by atoms with Gasteiger partial charge in [-0.05, 0) is 24.3 Å². The van der Waals surface area contributed by atoms with Crippen LogP contribution in [0.5, 0.6) is 0 Å². The number of fused-ring (bicyclic) bond motifs is 1. The Balaban J connectivity index is 1.35. The molecule has 6 heteroatoms. The largest absolute Gasteiger partial charge is 0.340 e. The van der Waals surface area contributed by atoms with E-state index in [1.807, 2.05) is 24.3 Å². The van der Waals surface area contributed by atoms with Crippen LogP contribution < -0.4 is 0 Å². The van der Waals surface area contributed by atoms with Crippen molar-refractivity contribution < 1.29 is 4.79 Å². The van der Waals surface area contributed by atoms with Gasteiger partial charge in [-0.2, -0.15) is 0 Å². The molecule has 23 heavy (non-hydrogen) atoms. The molecule has 4 rings (SSSR count). The molecule has 0 aromatic carbocycles. The fourth-order valence-electron chi connectivity index (χ4n) is 3.22. The third-order valence-electron chi connectivity index (χ3n) is 4.72. The van der Waals surface area contributed by atoms with E-state index in [9.17, 15) is 4.79 Å². The van der Waals surface area contributed by atoms with E-state index in [0.717, 1.165) is 25.2 Å². The van der Waals surface area contributed by atoms with Gasteiger partial charge in [-0.15, -0.1) is 11.3 Å². The van der Waals surface area contributed by atoms with Crippen LogP contribution >= 0.6 is 11.3 Å². The molecule has 0 spiro atoms. The molecule has 1 amide bonds. The van der Waals surface area contributed by atoms with Gasteiger partial charge in [0.05, 0.1) is 25.1 Å². The van der Waals surface area contributed by atoms with Crippen molar-refractivity contribution >= 4 is 17.2 Å². The number of thiophene rings is 1. The molecule has 0 N–H and O–H groups in total. The van der Waals surface area contributed by atoms with Gasteiger partial charge in [0, 0.05) is 43.2 Å². The number of nitrogens with zero attached hydrogens (tertiary/aromatic N) is 4. The van der Waals surface area contributed by atoms with Gasteiger partial charge in [-0.3, -0.25) is 9.69 Å². The van der Waals surface area contributed by atoms with E-state index in [0.29, 0.717) is 19.1 Å². The summed E-state index contributed by atoms with van der Waals surface area (Å²) in [6, 6.07) is 4.80. The van der Waals surface area contributed by atoms with Gasteiger partial charge >= 0.3 is 0 Å². The van der Waals surface area contributed by atoms with Crippen molar-refractivity contribution in [3.63, 3.8) is 0 Å². The maximum absolute atomic E-state index is 12.4. The number of hydrogen-bond donors (Lipinski definition) is 0. The van der Waals surface area contributed by atoms with Crippen molar-refractivity contribution in [2.24, 2.45) is 0 Å². The molecule has 2 aliphatic rings. The average molecular weight is 330 g/mol. The zero-order chi connectivity index (χ0) is 15.8. The molecule has 5 nitrogen and oxygen atoms in total. The van der Waals surface area contributed by atoms with Crippen LogP contribution in [-0.4, -0.2) is 45.4 Å². The Hall–Kier alpha value is -1.66. The summed E-state index contributed by atoms with van der Waals surface area (Å²) in [5.41, 5.74) is 2.56. The van der Waals surface area contributed by atoms with Crippen molar-refractivity contribution in [3.8, 4) is 0 Å². The molecule has 1 fully saturated rings. The summed E-state index contributed by atoms with van der Waals surface area (Å²) >= 11 is 1.70. The van der Waals surface area contributed by atoms with Crippen LogP contribution in [0.25, 0.3) is 0 Å². The first kappa shape index (κ1) is 14.9. The lowest BCUT2D eigenvalue weighted by Crippen LogP contribution is -2.40. The third-order valence-corrected chi connectivity index (χ3v) is 5.58. The zero-order valence-corrected chi connectivity index (χ0v) is 14.3. The molecule has 0 unspecified atom stereocenters. The SMILES string of the molecule is CN(Cc1cccs1)C(=O)CN1CCc2c(ncn2C2CC2)C1. The predicted molar refractivity (Wildman–Crippen MR) is 90.3 cm³/mol. The molecule has 0 atom stereocenters. The molecule has 2 aromatic rings. The van der Waals surface area contributed by atoms with Crippen LogP contribution in [0, 0.1) is 0 Å². The number of likely N-dealkylation sites (N-methyl/N-ethyl adjacent to an activating group) is 1. The summed E-state index contributed by atoms with van der Waals surface area (Å²) in [6.07, 6.45) is 5.58. The number of imidazole rings is 1. The zero-order valence-electron chi connectivity index (χ0n) is 13.4. The Bertz CT molecular complexity index is 690. The number of hydrogen-bond acceptors (Lipinski definition) is 4. The van der Waals surface area contributed by atoms with E-state index in [4.69, 9.17) is 0 Å². The predicted octanol–water partition coefficient (Wildman–Crippen LogP) is 2.30. The van der Waals surface area contributed by atoms with Crippen molar-refractivity contribution in [3.05, 3.63) is 40.1 Å². The monoisotopic (exact) mass is 330 g/mol. The first-order valence-corrected chi connectivity index (χ1v) is 9.12. The molecule has 1 aliphatic carbocycles. The first-order valence-electron chi connectivity index (χ1n) is 8.24. The highest BCUT2D eigenvalue weighted by molar-refractivity contribution is 7.09. The third kappa shape index (κ3) is 3.19. The lowest BCUT2D eigenvalue weighted by molar-refractivity contribution is -0.131. The second-order valence-electron chi connectivity index (χ2n) is 6.57. The minimum Gasteiger partial charge on any atom is -0.340 e. The van der Waals surface area contributed by atoms with E-state index in [1.54, 1.807) is 11.3 Å². The molecule has 3 heterocycles. The molecule has 0 bridgehead atoms. The van der Waals surface area contributed by atoms with E-state index < -0.39 is 0 Å². The number of carbonyl (C=O) groups excluding carboxylic acids is 1. The Morgan fingerprint density at radius 3 is 3.09 bits per heavy atom. The van der Waals surface area contributed by atoms with Gasteiger partial charge in [0.2, 0.25) is 5.91 Å². The Morgan fingerprint density at radius 1 is 1.48 bits per heavy atom. The van der Waals surface area contributed by atoms with Crippen LogP contribution in [0.2, 0.25) is 0 Å². The quantitative estimate of drug-likeness (QED) is 0.845. The second kappa shape index (κ2) is 6.09. The highest BCUT2D eigenvalue weighted by atomic mass is 32.1. The lowest BCUT2D eigenvalue weighted by atomic mass is 10.1. The molecule has 0 radical (unpaired) electrons. The van der Waals surface area contributed by atoms with Gasteiger partial charge in [-0.25, -0.2) is 4.98 Å². The number of rotatable bonds is 5. The van der Waals surface area contributed by atoms with Crippen molar-refractivity contribution in [2.45, 2.75) is 38.4 Å². The van der Waals surface area contributed by atoms with Crippen LogP contribution in [0.15, 0.2) is 23.8 Å². The highest BCUT2D eigenvalue weighted by Crippen LogP contribution is 2.37. The minimum atomic E-state index is 0.184. The Kier molecular flexibility index (Phi) is 3.95. The smallest absolute Gasteiger partial charge is 0.236 e. The van der Waals surface area contributed by atoms with Gasteiger partial charge in [-0.1, -0.05) is 6.07 Å². The highest BCUT2D eigenvalue weighted by Gasteiger charge is 2.30. The van der Waals surface area contributed by atoms with Crippen molar-refractivity contribution in [2.75, 3.05) is 20.1 Å². The van der Waals surface area contributed by atoms with Gasteiger partial charge in [0.1, 0.15) is 0 Å². The molecular formula is C17H22N4OS. The summed E-state index contributed by atoms with van der Waals surface area (Å²) in [5.74, 6) is 0.184. The second-order valence-corrected chi connectivity index (χ2v) is 7.60. The molecular weight excluding hydrogens is 308 g/mol. The molecule has 2 aromatic heterocycles. The van der Waals surface area contributed by atoms with Crippen LogP contribution in [-0.2, 0) is 24.3 Å². The fourth-order valence-corrected chi connectivity index (χ4v) is 3.98.